The van der Waals surface area contributed by atoms with Gasteiger partial charge in [0.05, 0.1) is 11.2 Å². The molecule has 162 valence electrons. The zero-order valence-corrected chi connectivity index (χ0v) is 17.7. The SMILES string of the molecule is C=C(C)C(=O)OC1CC2(C3CC4CC(C3)CC2C4)n2c(=O)n(-c3ccccc3)c(=O)n21. The van der Waals surface area contributed by atoms with Gasteiger partial charge in [-0.1, -0.05) is 24.8 Å². The maximum absolute atomic E-state index is 13.8. The fourth-order valence-corrected chi connectivity index (χ4v) is 7.33. The Morgan fingerprint density at radius 2 is 1.61 bits per heavy atom. The number of nitrogens with zero attached hydrogens (tertiary/aromatic N) is 3. The van der Waals surface area contributed by atoms with Crippen LogP contribution in [-0.2, 0) is 15.1 Å². The van der Waals surface area contributed by atoms with Gasteiger partial charge in [-0.3, -0.25) is 0 Å². The molecule has 1 unspecified atom stereocenters. The van der Waals surface area contributed by atoms with E-state index in [9.17, 15) is 14.4 Å². The molecule has 2 heterocycles. The van der Waals surface area contributed by atoms with Gasteiger partial charge in [-0.25, -0.2) is 23.6 Å². The number of hydrogen-bond acceptors (Lipinski definition) is 4. The monoisotopic (exact) mass is 421 g/mol. The number of fused-ring (bicyclic) bond motifs is 1. The number of rotatable bonds is 3. The van der Waals surface area contributed by atoms with E-state index in [0.717, 1.165) is 37.5 Å². The second-order valence-electron chi connectivity index (χ2n) is 10.0. The minimum Gasteiger partial charge on any atom is -0.436 e. The van der Waals surface area contributed by atoms with Gasteiger partial charge < -0.3 is 4.74 Å². The highest BCUT2D eigenvalue weighted by molar-refractivity contribution is 5.87. The molecule has 2 aromatic rings. The lowest BCUT2D eigenvalue weighted by molar-refractivity contribution is -0.151. The predicted molar refractivity (Wildman–Crippen MR) is 114 cm³/mol. The second kappa shape index (κ2) is 6.34. The summed E-state index contributed by atoms with van der Waals surface area (Å²) < 4.78 is 10.1. The summed E-state index contributed by atoms with van der Waals surface area (Å²) in [5.41, 5.74) is -0.394. The van der Waals surface area contributed by atoms with Crippen LogP contribution < -0.4 is 11.4 Å². The van der Waals surface area contributed by atoms with E-state index in [4.69, 9.17) is 4.74 Å². The van der Waals surface area contributed by atoms with Crippen molar-refractivity contribution in [3.8, 4) is 5.69 Å². The molecule has 1 spiro atoms. The van der Waals surface area contributed by atoms with Crippen molar-refractivity contribution in [1.29, 1.82) is 0 Å². The Hall–Kier alpha value is -2.83. The van der Waals surface area contributed by atoms with E-state index < -0.39 is 23.4 Å². The summed E-state index contributed by atoms with van der Waals surface area (Å²) in [6, 6.07) is 9.00. The Balaban J connectivity index is 1.57. The van der Waals surface area contributed by atoms with Gasteiger partial charge in [0.2, 0.25) is 6.23 Å². The molecule has 1 aromatic heterocycles. The summed E-state index contributed by atoms with van der Waals surface area (Å²) in [7, 11) is 0. The Morgan fingerprint density at radius 3 is 2.19 bits per heavy atom. The molecule has 1 aromatic carbocycles. The molecule has 1 aliphatic heterocycles. The molecule has 7 heteroatoms. The van der Waals surface area contributed by atoms with Gasteiger partial charge >= 0.3 is 17.3 Å². The first kappa shape index (κ1) is 18.9. The van der Waals surface area contributed by atoms with E-state index in [1.807, 2.05) is 18.2 Å². The molecule has 5 aliphatic rings. The van der Waals surface area contributed by atoms with Crippen molar-refractivity contribution < 1.29 is 9.53 Å². The van der Waals surface area contributed by atoms with Crippen molar-refractivity contribution in [2.45, 2.75) is 57.2 Å². The van der Waals surface area contributed by atoms with E-state index >= 15 is 0 Å². The van der Waals surface area contributed by atoms with Crippen molar-refractivity contribution in [2.24, 2.45) is 23.7 Å². The number of esters is 1. The lowest BCUT2D eigenvalue weighted by Crippen LogP contribution is -2.59. The highest BCUT2D eigenvalue weighted by Crippen LogP contribution is 2.64. The van der Waals surface area contributed by atoms with Crippen LogP contribution in [0.15, 0.2) is 52.1 Å². The molecule has 0 saturated heterocycles. The topological polar surface area (TPSA) is 75.2 Å². The minimum atomic E-state index is -0.785. The van der Waals surface area contributed by atoms with Crippen molar-refractivity contribution in [3.63, 3.8) is 0 Å². The number of para-hydroxylation sites is 1. The maximum Gasteiger partial charge on any atom is 0.355 e. The molecule has 0 N–H and O–H groups in total. The van der Waals surface area contributed by atoms with E-state index in [0.29, 0.717) is 23.9 Å². The minimum absolute atomic E-state index is 0.287. The average Bonchev–Trinajstić information content (AvgIpc) is 3.21. The van der Waals surface area contributed by atoms with Crippen LogP contribution >= 0.6 is 0 Å². The van der Waals surface area contributed by atoms with E-state index in [1.54, 1.807) is 23.7 Å². The number of benzene rings is 1. The highest BCUT2D eigenvalue weighted by atomic mass is 16.6. The van der Waals surface area contributed by atoms with E-state index in [-0.39, 0.29) is 11.3 Å². The van der Waals surface area contributed by atoms with Crippen LogP contribution in [0.3, 0.4) is 0 Å². The third-order valence-corrected chi connectivity index (χ3v) is 8.30. The molecule has 0 amide bonds. The summed E-state index contributed by atoms with van der Waals surface area (Å²) in [5.74, 6) is 1.60. The predicted octanol–water partition coefficient (Wildman–Crippen LogP) is 2.97. The summed E-state index contributed by atoms with van der Waals surface area (Å²) in [4.78, 5) is 39.8. The summed E-state index contributed by atoms with van der Waals surface area (Å²) >= 11 is 0. The lowest BCUT2D eigenvalue weighted by atomic mass is 9.48. The number of hydrogen-bond donors (Lipinski definition) is 0. The molecule has 4 aliphatic carbocycles. The maximum atomic E-state index is 13.8. The molecular formula is C24H27N3O4. The highest BCUT2D eigenvalue weighted by Gasteiger charge is 2.64. The summed E-state index contributed by atoms with van der Waals surface area (Å²) in [6.45, 7) is 5.29. The van der Waals surface area contributed by atoms with Gasteiger partial charge in [0.15, 0.2) is 0 Å². The van der Waals surface area contributed by atoms with Crippen LogP contribution in [-0.4, -0.2) is 19.9 Å². The van der Waals surface area contributed by atoms with Crippen molar-refractivity contribution in [2.75, 3.05) is 0 Å². The molecular weight excluding hydrogens is 394 g/mol. The molecule has 7 rings (SSSR count). The molecule has 4 bridgehead atoms. The molecule has 7 nitrogen and oxygen atoms in total. The number of ether oxygens (including phenoxy) is 1. The van der Waals surface area contributed by atoms with Crippen LogP contribution in [0.4, 0.5) is 0 Å². The lowest BCUT2D eigenvalue weighted by Gasteiger charge is -2.59. The van der Waals surface area contributed by atoms with Gasteiger partial charge in [0.25, 0.3) is 0 Å². The van der Waals surface area contributed by atoms with E-state index in [2.05, 4.69) is 6.58 Å². The fourth-order valence-electron chi connectivity index (χ4n) is 7.33. The van der Waals surface area contributed by atoms with Gasteiger partial charge in [0, 0.05) is 12.0 Å². The average molecular weight is 421 g/mol. The van der Waals surface area contributed by atoms with Crippen molar-refractivity contribution in [1.82, 2.24) is 13.9 Å². The van der Waals surface area contributed by atoms with Gasteiger partial charge in [-0.2, -0.15) is 4.68 Å². The Labute approximate surface area is 179 Å². The van der Waals surface area contributed by atoms with Crippen LogP contribution in [0, 0.1) is 23.7 Å². The Kier molecular flexibility index (Phi) is 3.87. The normalized spacial score (nSPS) is 34.8. The van der Waals surface area contributed by atoms with Gasteiger partial charge in [0.1, 0.15) is 0 Å². The standard InChI is InChI=1S/C24H27N3O4/c1-14(2)21(28)31-20-13-24(17-9-15-8-16(11-17)12-18(24)10-15)27-23(30)25(22(29)26(20)27)19-6-4-3-5-7-19/h3-7,15-18,20H,1,8-13H2,2H3. The molecule has 31 heavy (non-hydrogen) atoms. The van der Waals surface area contributed by atoms with Crippen molar-refractivity contribution in [3.05, 3.63) is 63.5 Å². The zero-order chi connectivity index (χ0) is 21.5. The Morgan fingerprint density at radius 1 is 1.00 bits per heavy atom. The molecule has 4 fully saturated rings. The molecule has 4 saturated carbocycles. The molecule has 0 radical (unpaired) electrons. The Bertz CT molecular complexity index is 1170. The fraction of sp³-hybridized carbons (Fsp3) is 0.542. The van der Waals surface area contributed by atoms with Crippen LogP contribution in [0.25, 0.3) is 5.69 Å². The van der Waals surface area contributed by atoms with Gasteiger partial charge in [-0.05, 0) is 74.8 Å². The van der Waals surface area contributed by atoms with E-state index in [1.165, 1.54) is 15.7 Å². The number of aromatic nitrogens is 3. The van der Waals surface area contributed by atoms with Crippen LogP contribution in [0.2, 0.25) is 0 Å². The van der Waals surface area contributed by atoms with Gasteiger partial charge in [-0.15, -0.1) is 0 Å². The molecule has 1 atom stereocenters. The smallest absolute Gasteiger partial charge is 0.355 e. The summed E-state index contributed by atoms with van der Waals surface area (Å²) in [6.07, 6.45) is 5.37. The quantitative estimate of drug-likeness (QED) is 0.564. The number of carbonyl (C=O) groups excluding carboxylic acids is 1. The number of carbonyl (C=O) groups is 1. The first-order valence-electron chi connectivity index (χ1n) is 11.3. The van der Waals surface area contributed by atoms with Crippen molar-refractivity contribution >= 4 is 5.97 Å². The largest absolute Gasteiger partial charge is 0.436 e. The first-order valence-corrected chi connectivity index (χ1v) is 11.3. The second-order valence-corrected chi connectivity index (χ2v) is 10.0. The zero-order valence-electron chi connectivity index (χ0n) is 17.7. The summed E-state index contributed by atoms with van der Waals surface area (Å²) in [5, 5.41) is 0. The van der Waals surface area contributed by atoms with Crippen LogP contribution in [0.5, 0.6) is 0 Å². The van der Waals surface area contributed by atoms with Crippen LogP contribution in [0.1, 0.15) is 51.7 Å². The first-order chi connectivity index (χ1) is 14.9. The third-order valence-electron chi connectivity index (χ3n) is 8.30. The third kappa shape index (κ3) is 2.43.